The normalized spacial score (nSPS) is 20.8. The van der Waals surface area contributed by atoms with E-state index in [4.69, 9.17) is 9.57 Å². The first-order valence-corrected chi connectivity index (χ1v) is 7.04. The number of carbonyl (C=O) groups is 2. The molecule has 0 radical (unpaired) electrons. The summed E-state index contributed by atoms with van der Waals surface area (Å²) in [5.41, 5.74) is 1.52. The number of hydrogen-bond donors (Lipinski definition) is 0. The first kappa shape index (κ1) is 14.3. The molecule has 1 aromatic carbocycles. The topological polar surface area (TPSA) is 68.2 Å². The van der Waals surface area contributed by atoms with Crippen LogP contribution in [0.4, 0.5) is 5.69 Å². The van der Waals surface area contributed by atoms with Crippen LogP contribution in [0.3, 0.4) is 0 Å². The molecule has 1 unspecified atom stereocenters. The van der Waals surface area contributed by atoms with Gasteiger partial charge in [-0.1, -0.05) is 5.16 Å². The van der Waals surface area contributed by atoms with E-state index < -0.39 is 0 Å². The van der Waals surface area contributed by atoms with E-state index in [2.05, 4.69) is 5.16 Å². The summed E-state index contributed by atoms with van der Waals surface area (Å²) in [7, 11) is 0. The lowest BCUT2D eigenvalue weighted by Gasteiger charge is -2.16. The van der Waals surface area contributed by atoms with Gasteiger partial charge in [0.15, 0.2) is 6.10 Å². The van der Waals surface area contributed by atoms with E-state index in [9.17, 15) is 9.59 Å². The van der Waals surface area contributed by atoms with Crippen LogP contribution >= 0.6 is 0 Å². The van der Waals surface area contributed by atoms with Crippen LogP contribution in [-0.2, 0) is 14.4 Å². The molecule has 1 aromatic rings. The number of amides is 2. The smallest absolute Gasteiger partial charge is 0.261 e. The molecule has 2 amide bonds. The monoisotopic (exact) mass is 300 g/mol. The van der Waals surface area contributed by atoms with Crippen molar-refractivity contribution in [3.63, 3.8) is 0 Å². The SMILES string of the molecule is CC1=C(C)C(=O)N(c2ccc(OCC3CC=NO3)cc2)C1=O. The lowest BCUT2D eigenvalue weighted by Crippen LogP contribution is -2.31. The second kappa shape index (κ2) is 5.63. The molecular formula is C16H16N2O4. The van der Waals surface area contributed by atoms with Crippen LogP contribution in [0.15, 0.2) is 40.6 Å². The van der Waals surface area contributed by atoms with Crippen molar-refractivity contribution in [3.05, 3.63) is 35.4 Å². The van der Waals surface area contributed by atoms with Gasteiger partial charge < -0.3 is 9.57 Å². The Labute approximate surface area is 128 Å². The minimum atomic E-state index is -0.271. The summed E-state index contributed by atoms with van der Waals surface area (Å²) in [6.07, 6.45) is 2.38. The predicted octanol–water partition coefficient (Wildman–Crippen LogP) is 2.05. The third-order valence-corrected chi connectivity index (χ3v) is 3.79. The summed E-state index contributed by atoms with van der Waals surface area (Å²) in [4.78, 5) is 30.4. The molecule has 0 aliphatic carbocycles. The van der Waals surface area contributed by atoms with E-state index in [1.807, 2.05) is 0 Å². The first-order valence-electron chi connectivity index (χ1n) is 7.04. The number of hydrogen-bond acceptors (Lipinski definition) is 5. The van der Waals surface area contributed by atoms with Crippen molar-refractivity contribution < 1.29 is 19.2 Å². The van der Waals surface area contributed by atoms with Crippen molar-refractivity contribution in [2.24, 2.45) is 5.16 Å². The Morgan fingerprint density at radius 1 is 1.18 bits per heavy atom. The Kier molecular flexibility index (Phi) is 3.66. The minimum Gasteiger partial charge on any atom is -0.490 e. The van der Waals surface area contributed by atoms with Crippen LogP contribution in [0.5, 0.6) is 5.75 Å². The van der Waals surface area contributed by atoms with Gasteiger partial charge >= 0.3 is 0 Å². The Bertz CT molecular complexity index is 644. The summed E-state index contributed by atoms with van der Waals surface area (Å²) >= 11 is 0. The largest absolute Gasteiger partial charge is 0.490 e. The maximum Gasteiger partial charge on any atom is 0.261 e. The highest BCUT2D eigenvalue weighted by Crippen LogP contribution is 2.28. The fraction of sp³-hybridized carbons (Fsp3) is 0.312. The van der Waals surface area contributed by atoms with E-state index >= 15 is 0 Å². The molecule has 0 spiro atoms. The van der Waals surface area contributed by atoms with Crippen molar-refractivity contribution in [2.45, 2.75) is 26.4 Å². The summed E-state index contributed by atoms with van der Waals surface area (Å²) in [5, 5.41) is 3.68. The molecule has 2 aliphatic heterocycles. The Morgan fingerprint density at radius 3 is 2.36 bits per heavy atom. The lowest BCUT2D eigenvalue weighted by molar-refractivity contribution is -0.120. The average molecular weight is 300 g/mol. The first-order chi connectivity index (χ1) is 10.6. The van der Waals surface area contributed by atoms with Crippen LogP contribution in [0, 0.1) is 0 Å². The Balaban J connectivity index is 1.67. The fourth-order valence-corrected chi connectivity index (χ4v) is 2.29. The maximum absolute atomic E-state index is 12.1. The molecule has 1 atom stereocenters. The zero-order chi connectivity index (χ0) is 15.7. The van der Waals surface area contributed by atoms with Gasteiger partial charge in [-0.25, -0.2) is 4.90 Å². The molecule has 6 heteroatoms. The highest BCUT2D eigenvalue weighted by atomic mass is 16.7. The molecule has 0 fully saturated rings. The summed E-state index contributed by atoms with van der Waals surface area (Å²) in [6, 6.07) is 6.86. The van der Waals surface area contributed by atoms with Crippen LogP contribution in [-0.4, -0.2) is 30.7 Å². The second-order valence-electron chi connectivity index (χ2n) is 5.25. The number of nitrogens with zero attached hydrogens (tertiary/aromatic N) is 2. The van der Waals surface area contributed by atoms with Crippen LogP contribution in [0.25, 0.3) is 0 Å². The van der Waals surface area contributed by atoms with Crippen molar-refractivity contribution in [2.75, 3.05) is 11.5 Å². The van der Waals surface area contributed by atoms with Gasteiger partial charge in [0, 0.05) is 23.8 Å². The highest BCUT2D eigenvalue weighted by molar-refractivity contribution is 6.32. The Hall–Kier alpha value is -2.63. The number of imide groups is 1. The zero-order valence-electron chi connectivity index (χ0n) is 12.4. The van der Waals surface area contributed by atoms with Crippen molar-refractivity contribution in [1.82, 2.24) is 0 Å². The van der Waals surface area contributed by atoms with Gasteiger partial charge in [0.25, 0.3) is 11.8 Å². The van der Waals surface area contributed by atoms with E-state index in [1.54, 1.807) is 44.3 Å². The molecule has 2 aliphatic rings. The number of rotatable bonds is 4. The standard InChI is InChI=1S/C16H16N2O4/c1-10-11(2)16(20)18(15(10)19)12-3-5-13(6-4-12)21-9-14-7-8-17-22-14/h3-6,8,14H,7,9H2,1-2H3. The van der Waals surface area contributed by atoms with Gasteiger partial charge in [-0.15, -0.1) is 0 Å². The molecule has 0 bridgehead atoms. The Morgan fingerprint density at radius 2 is 1.82 bits per heavy atom. The van der Waals surface area contributed by atoms with Gasteiger partial charge in [-0.05, 0) is 38.1 Å². The van der Waals surface area contributed by atoms with Gasteiger partial charge in [0.2, 0.25) is 0 Å². The van der Waals surface area contributed by atoms with E-state index in [0.29, 0.717) is 29.2 Å². The molecule has 22 heavy (non-hydrogen) atoms. The minimum absolute atomic E-state index is 0.0593. The summed E-state index contributed by atoms with van der Waals surface area (Å²) in [6.45, 7) is 3.73. The molecule has 0 saturated heterocycles. The van der Waals surface area contributed by atoms with E-state index in [1.165, 1.54) is 4.90 Å². The predicted molar refractivity (Wildman–Crippen MR) is 80.8 cm³/mol. The number of carbonyl (C=O) groups excluding carboxylic acids is 2. The number of oxime groups is 1. The molecule has 0 N–H and O–H groups in total. The summed E-state index contributed by atoms with van der Waals surface area (Å²) < 4.78 is 5.60. The average Bonchev–Trinajstić information content (AvgIpc) is 3.11. The number of benzene rings is 1. The molecule has 3 rings (SSSR count). The molecule has 6 nitrogen and oxygen atoms in total. The molecule has 0 aromatic heterocycles. The number of ether oxygens (including phenoxy) is 1. The van der Waals surface area contributed by atoms with Crippen molar-refractivity contribution in [3.8, 4) is 5.75 Å². The molecule has 114 valence electrons. The zero-order valence-corrected chi connectivity index (χ0v) is 12.4. The van der Waals surface area contributed by atoms with Gasteiger partial charge in [-0.3, -0.25) is 9.59 Å². The fourth-order valence-electron chi connectivity index (χ4n) is 2.29. The van der Waals surface area contributed by atoms with Gasteiger partial charge in [0.05, 0.1) is 5.69 Å². The van der Waals surface area contributed by atoms with Crippen LogP contribution in [0.1, 0.15) is 20.3 Å². The van der Waals surface area contributed by atoms with Gasteiger partial charge in [-0.2, -0.15) is 0 Å². The van der Waals surface area contributed by atoms with Crippen LogP contribution in [0.2, 0.25) is 0 Å². The van der Waals surface area contributed by atoms with E-state index in [-0.39, 0.29) is 17.9 Å². The third-order valence-electron chi connectivity index (χ3n) is 3.79. The van der Waals surface area contributed by atoms with E-state index in [0.717, 1.165) is 6.42 Å². The third kappa shape index (κ3) is 2.47. The molecular weight excluding hydrogens is 284 g/mol. The van der Waals surface area contributed by atoms with Crippen molar-refractivity contribution >= 4 is 23.7 Å². The maximum atomic E-state index is 12.1. The molecule has 0 saturated carbocycles. The van der Waals surface area contributed by atoms with Gasteiger partial charge in [0.1, 0.15) is 12.4 Å². The second-order valence-corrected chi connectivity index (χ2v) is 5.25. The number of anilines is 1. The quantitative estimate of drug-likeness (QED) is 0.798. The van der Waals surface area contributed by atoms with Crippen LogP contribution < -0.4 is 9.64 Å². The van der Waals surface area contributed by atoms with Crippen molar-refractivity contribution in [1.29, 1.82) is 0 Å². The summed E-state index contributed by atoms with van der Waals surface area (Å²) in [5.74, 6) is 0.111. The highest BCUT2D eigenvalue weighted by Gasteiger charge is 2.34. The lowest BCUT2D eigenvalue weighted by atomic mass is 10.2. The molecule has 2 heterocycles.